The topological polar surface area (TPSA) is 70.1 Å². The number of hydrogen-bond donors (Lipinski definition) is 1. The summed E-state index contributed by atoms with van der Waals surface area (Å²) in [6, 6.07) is 0. The third-order valence-electron chi connectivity index (χ3n) is 3.33. The van der Waals surface area contributed by atoms with Crippen LogP contribution in [0, 0.1) is 0 Å². The molecule has 0 spiro atoms. The quantitative estimate of drug-likeness (QED) is 0.764. The molecule has 1 aromatic rings. The van der Waals surface area contributed by atoms with Gasteiger partial charge >= 0.3 is 5.97 Å². The van der Waals surface area contributed by atoms with Gasteiger partial charge in [0.15, 0.2) is 0 Å². The number of carbonyl (C=O) groups is 1. The summed E-state index contributed by atoms with van der Waals surface area (Å²) in [5.41, 5.74) is 6.08. The average Bonchev–Trinajstić information content (AvgIpc) is 2.82. The van der Waals surface area contributed by atoms with Crippen LogP contribution in [-0.4, -0.2) is 28.7 Å². The van der Waals surface area contributed by atoms with Gasteiger partial charge in [-0.15, -0.1) is 0 Å². The maximum atomic E-state index is 11.8. The monoisotopic (exact) mass is 239 g/mol. The Kier molecular flexibility index (Phi) is 4.69. The summed E-state index contributed by atoms with van der Waals surface area (Å²) in [5.74, 6) is -0.343. The highest BCUT2D eigenvalue weighted by Crippen LogP contribution is 2.25. The van der Waals surface area contributed by atoms with Crippen molar-refractivity contribution in [3.8, 4) is 0 Å². The lowest BCUT2D eigenvalue weighted by molar-refractivity contribution is 0.0502. The third kappa shape index (κ3) is 2.49. The molecule has 0 atom stereocenters. The predicted octanol–water partition coefficient (Wildman–Crippen LogP) is 1.53. The van der Waals surface area contributed by atoms with E-state index in [0.717, 1.165) is 12.8 Å². The van der Waals surface area contributed by atoms with Crippen molar-refractivity contribution in [2.75, 3.05) is 13.2 Å². The molecule has 17 heavy (non-hydrogen) atoms. The largest absolute Gasteiger partial charge is 0.461 e. The molecular weight excluding hydrogens is 218 g/mol. The molecule has 0 saturated heterocycles. The van der Waals surface area contributed by atoms with Crippen LogP contribution < -0.4 is 5.73 Å². The lowest BCUT2D eigenvalue weighted by Crippen LogP contribution is -2.41. The zero-order valence-electron chi connectivity index (χ0n) is 10.8. The first-order valence-electron chi connectivity index (χ1n) is 6.05. The van der Waals surface area contributed by atoms with Crippen molar-refractivity contribution in [3.05, 3.63) is 18.2 Å². The average molecular weight is 239 g/mol. The molecule has 96 valence electrons. The maximum absolute atomic E-state index is 11.8. The summed E-state index contributed by atoms with van der Waals surface area (Å²) in [6.07, 6.45) is 4.89. The molecule has 1 aromatic heterocycles. The minimum atomic E-state index is -0.343. The van der Waals surface area contributed by atoms with Gasteiger partial charge in [0, 0.05) is 6.54 Å². The van der Waals surface area contributed by atoms with Gasteiger partial charge in [0.2, 0.25) is 0 Å². The summed E-state index contributed by atoms with van der Waals surface area (Å²) >= 11 is 0. The van der Waals surface area contributed by atoms with E-state index in [9.17, 15) is 4.79 Å². The van der Waals surface area contributed by atoms with Gasteiger partial charge in [-0.1, -0.05) is 13.8 Å². The number of rotatable bonds is 6. The van der Waals surface area contributed by atoms with Crippen LogP contribution in [0.3, 0.4) is 0 Å². The minimum absolute atomic E-state index is 0.251. The zero-order chi connectivity index (χ0) is 12.9. The molecule has 1 rings (SSSR count). The van der Waals surface area contributed by atoms with Crippen molar-refractivity contribution in [1.29, 1.82) is 0 Å². The number of aromatic nitrogens is 2. The van der Waals surface area contributed by atoms with E-state index in [-0.39, 0.29) is 11.5 Å². The van der Waals surface area contributed by atoms with Crippen molar-refractivity contribution < 1.29 is 9.53 Å². The second-order valence-corrected chi connectivity index (χ2v) is 4.00. The fourth-order valence-electron chi connectivity index (χ4n) is 2.01. The number of nitrogens with two attached hydrogens (primary N) is 1. The van der Waals surface area contributed by atoms with E-state index in [1.54, 1.807) is 13.3 Å². The van der Waals surface area contributed by atoms with E-state index >= 15 is 0 Å². The number of ether oxygens (including phenoxy) is 1. The first kappa shape index (κ1) is 13.7. The molecule has 5 nitrogen and oxygen atoms in total. The molecule has 2 N–H and O–H groups in total. The first-order valence-corrected chi connectivity index (χ1v) is 6.05. The van der Waals surface area contributed by atoms with Gasteiger partial charge in [-0.05, 0) is 19.8 Å². The molecule has 0 unspecified atom stereocenters. The standard InChI is InChI=1S/C12H21N3O2/c1-4-12(5-2,8-13)15-9-14-7-10(15)11(16)17-6-3/h7,9H,4-6,8,13H2,1-3H3. The second-order valence-electron chi connectivity index (χ2n) is 4.00. The Morgan fingerprint density at radius 3 is 2.59 bits per heavy atom. The Morgan fingerprint density at radius 2 is 2.12 bits per heavy atom. The first-order chi connectivity index (χ1) is 8.15. The van der Waals surface area contributed by atoms with E-state index in [0.29, 0.717) is 18.8 Å². The molecular formula is C12H21N3O2. The third-order valence-corrected chi connectivity index (χ3v) is 3.33. The lowest BCUT2D eigenvalue weighted by atomic mass is 9.92. The number of nitrogens with zero attached hydrogens (tertiary/aromatic N) is 2. The van der Waals surface area contributed by atoms with E-state index in [2.05, 4.69) is 18.8 Å². The van der Waals surface area contributed by atoms with Gasteiger partial charge in [-0.25, -0.2) is 9.78 Å². The lowest BCUT2D eigenvalue weighted by Gasteiger charge is -2.33. The van der Waals surface area contributed by atoms with E-state index in [4.69, 9.17) is 10.5 Å². The normalized spacial score (nSPS) is 11.5. The van der Waals surface area contributed by atoms with Crippen molar-refractivity contribution >= 4 is 5.97 Å². The van der Waals surface area contributed by atoms with E-state index in [1.807, 2.05) is 4.57 Å². The fourth-order valence-corrected chi connectivity index (χ4v) is 2.01. The highest BCUT2D eigenvalue weighted by Gasteiger charge is 2.30. The highest BCUT2D eigenvalue weighted by atomic mass is 16.5. The fraction of sp³-hybridized carbons (Fsp3) is 0.667. The van der Waals surface area contributed by atoms with Gasteiger partial charge in [0.1, 0.15) is 5.69 Å². The molecule has 0 fully saturated rings. The number of hydrogen-bond acceptors (Lipinski definition) is 4. The molecule has 0 aromatic carbocycles. The molecule has 0 amide bonds. The van der Waals surface area contributed by atoms with Crippen molar-refractivity contribution in [1.82, 2.24) is 9.55 Å². The number of esters is 1. The van der Waals surface area contributed by atoms with Crippen LogP contribution in [0.5, 0.6) is 0 Å². The summed E-state index contributed by atoms with van der Waals surface area (Å²) in [4.78, 5) is 15.8. The molecule has 0 bridgehead atoms. The Bertz CT molecular complexity index is 361. The summed E-state index contributed by atoms with van der Waals surface area (Å²) in [6.45, 7) is 6.74. The molecule has 1 heterocycles. The van der Waals surface area contributed by atoms with Crippen molar-refractivity contribution in [2.45, 2.75) is 39.2 Å². The molecule has 0 saturated carbocycles. The number of imidazole rings is 1. The molecule has 5 heteroatoms. The van der Waals surface area contributed by atoms with Gasteiger partial charge < -0.3 is 15.0 Å². The van der Waals surface area contributed by atoms with Crippen LogP contribution in [0.25, 0.3) is 0 Å². The van der Waals surface area contributed by atoms with Crippen LogP contribution in [-0.2, 0) is 10.3 Å². The predicted molar refractivity (Wildman–Crippen MR) is 65.8 cm³/mol. The van der Waals surface area contributed by atoms with Gasteiger partial charge in [-0.2, -0.15) is 0 Å². The van der Waals surface area contributed by atoms with Crippen molar-refractivity contribution in [2.24, 2.45) is 5.73 Å². The Labute approximate surface area is 102 Å². The van der Waals surface area contributed by atoms with Crippen LogP contribution in [0.2, 0.25) is 0 Å². The Morgan fingerprint density at radius 1 is 1.47 bits per heavy atom. The Hall–Kier alpha value is -1.36. The Balaban J connectivity index is 3.13. The highest BCUT2D eigenvalue weighted by molar-refractivity contribution is 5.87. The van der Waals surface area contributed by atoms with Gasteiger partial charge in [-0.3, -0.25) is 0 Å². The molecule has 0 aliphatic heterocycles. The van der Waals surface area contributed by atoms with E-state index in [1.165, 1.54) is 6.20 Å². The summed E-state index contributed by atoms with van der Waals surface area (Å²) in [7, 11) is 0. The molecule has 0 radical (unpaired) electrons. The SMILES string of the molecule is CCOC(=O)c1cncn1C(CC)(CC)CN. The van der Waals surface area contributed by atoms with Crippen LogP contribution in [0.15, 0.2) is 12.5 Å². The second kappa shape index (κ2) is 5.82. The smallest absolute Gasteiger partial charge is 0.356 e. The van der Waals surface area contributed by atoms with E-state index < -0.39 is 0 Å². The maximum Gasteiger partial charge on any atom is 0.356 e. The summed E-state index contributed by atoms with van der Waals surface area (Å²) < 4.78 is 6.87. The minimum Gasteiger partial charge on any atom is -0.461 e. The van der Waals surface area contributed by atoms with Crippen LogP contribution in [0.1, 0.15) is 44.1 Å². The van der Waals surface area contributed by atoms with Gasteiger partial charge in [0.05, 0.1) is 24.7 Å². The van der Waals surface area contributed by atoms with Crippen LogP contribution >= 0.6 is 0 Å². The zero-order valence-corrected chi connectivity index (χ0v) is 10.8. The van der Waals surface area contributed by atoms with Crippen LogP contribution in [0.4, 0.5) is 0 Å². The van der Waals surface area contributed by atoms with Gasteiger partial charge in [0.25, 0.3) is 0 Å². The number of carbonyl (C=O) groups excluding carboxylic acids is 1. The van der Waals surface area contributed by atoms with Crippen molar-refractivity contribution in [3.63, 3.8) is 0 Å². The molecule has 0 aliphatic rings. The molecule has 0 aliphatic carbocycles. The summed E-state index contributed by atoms with van der Waals surface area (Å²) in [5, 5.41) is 0.